The quantitative estimate of drug-likeness (QED) is 0.916. The van der Waals surface area contributed by atoms with Crippen LogP contribution in [-0.2, 0) is 6.54 Å². The van der Waals surface area contributed by atoms with E-state index in [2.05, 4.69) is 26.2 Å². The molecule has 0 aliphatic heterocycles. The first kappa shape index (κ1) is 12.3. The van der Waals surface area contributed by atoms with Crippen LogP contribution < -0.4 is 5.32 Å². The number of nitrogens with one attached hydrogen (secondary N) is 1. The lowest BCUT2D eigenvalue weighted by Crippen LogP contribution is -2.00. The molecule has 1 aromatic carbocycles. The Bertz CT molecular complexity index is 513. The van der Waals surface area contributed by atoms with E-state index in [1.54, 1.807) is 18.5 Å². The highest BCUT2D eigenvalue weighted by atomic mass is 79.9. The SMILES string of the molecule is Fc1cc(Cl)cc(CNc2cncc(Br)c2)c1. The number of pyridine rings is 1. The summed E-state index contributed by atoms with van der Waals surface area (Å²) < 4.78 is 14.0. The van der Waals surface area contributed by atoms with E-state index in [0.29, 0.717) is 11.6 Å². The van der Waals surface area contributed by atoms with Gasteiger partial charge in [0, 0.05) is 22.2 Å². The fourth-order valence-corrected chi connectivity index (χ4v) is 2.03. The van der Waals surface area contributed by atoms with E-state index >= 15 is 0 Å². The standard InChI is InChI=1S/C12H9BrClFN2/c13-9-3-12(7-16-6-9)17-5-8-1-10(14)4-11(15)2-8/h1-4,6-7,17H,5H2. The molecule has 1 N–H and O–H groups in total. The predicted octanol–water partition coefficient (Wildman–Crippen LogP) is 4.25. The van der Waals surface area contributed by atoms with Crippen molar-refractivity contribution in [1.82, 2.24) is 4.98 Å². The number of benzene rings is 1. The molecule has 0 aliphatic rings. The molecule has 0 spiro atoms. The van der Waals surface area contributed by atoms with Crippen molar-refractivity contribution in [2.24, 2.45) is 0 Å². The number of nitrogens with zero attached hydrogens (tertiary/aromatic N) is 1. The first-order valence-electron chi connectivity index (χ1n) is 4.93. The van der Waals surface area contributed by atoms with Crippen LogP contribution in [-0.4, -0.2) is 4.98 Å². The monoisotopic (exact) mass is 314 g/mol. The fourth-order valence-electron chi connectivity index (χ4n) is 1.43. The van der Waals surface area contributed by atoms with Gasteiger partial charge in [0.15, 0.2) is 0 Å². The number of aromatic nitrogens is 1. The number of rotatable bonds is 3. The topological polar surface area (TPSA) is 24.9 Å². The lowest BCUT2D eigenvalue weighted by molar-refractivity contribution is 0.626. The van der Waals surface area contributed by atoms with Gasteiger partial charge in [-0.15, -0.1) is 0 Å². The summed E-state index contributed by atoms with van der Waals surface area (Å²) in [6.45, 7) is 0.496. The summed E-state index contributed by atoms with van der Waals surface area (Å²) in [4.78, 5) is 4.02. The van der Waals surface area contributed by atoms with E-state index in [4.69, 9.17) is 11.6 Å². The average molecular weight is 316 g/mol. The maximum Gasteiger partial charge on any atom is 0.125 e. The fraction of sp³-hybridized carbons (Fsp3) is 0.0833. The third-order valence-electron chi connectivity index (χ3n) is 2.12. The number of hydrogen-bond donors (Lipinski definition) is 1. The van der Waals surface area contributed by atoms with E-state index < -0.39 is 0 Å². The van der Waals surface area contributed by atoms with E-state index in [-0.39, 0.29) is 5.82 Å². The van der Waals surface area contributed by atoms with Crippen molar-refractivity contribution in [3.63, 3.8) is 0 Å². The van der Waals surface area contributed by atoms with E-state index in [9.17, 15) is 4.39 Å². The molecule has 0 saturated heterocycles. The van der Waals surface area contributed by atoms with Crippen molar-refractivity contribution in [3.05, 3.63) is 57.5 Å². The molecule has 5 heteroatoms. The van der Waals surface area contributed by atoms with Crippen molar-refractivity contribution in [3.8, 4) is 0 Å². The van der Waals surface area contributed by atoms with Gasteiger partial charge >= 0.3 is 0 Å². The lowest BCUT2D eigenvalue weighted by Gasteiger charge is -2.07. The molecular weight excluding hydrogens is 307 g/mol. The Morgan fingerprint density at radius 3 is 2.76 bits per heavy atom. The van der Waals surface area contributed by atoms with Crippen LogP contribution in [0.15, 0.2) is 41.1 Å². The minimum atomic E-state index is -0.332. The Hall–Kier alpha value is -1.13. The van der Waals surface area contributed by atoms with Gasteiger partial charge in [-0.1, -0.05) is 11.6 Å². The van der Waals surface area contributed by atoms with Gasteiger partial charge in [-0.05, 0) is 45.8 Å². The highest BCUT2D eigenvalue weighted by molar-refractivity contribution is 9.10. The molecule has 0 unspecified atom stereocenters. The van der Waals surface area contributed by atoms with Crippen LogP contribution in [0.4, 0.5) is 10.1 Å². The molecule has 0 fully saturated rings. The average Bonchev–Trinajstić information content (AvgIpc) is 2.25. The zero-order chi connectivity index (χ0) is 12.3. The van der Waals surface area contributed by atoms with Gasteiger partial charge < -0.3 is 5.32 Å². The van der Waals surface area contributed by atoms with Crippen molar-refractivity contribution in [2.75, 3.05) is 5.32 Å². The summed E-state index contributed by atoms with van der Waals surface area (Å²) >= 11 is 9.10. The van der Waals surface area contributed by atoms with E-state index in [1.165, 1.54) is 12.1 Å². The van der Waals surface area contributed by atoms with Crippen LogP contribution in [0.1, 0.15) is 5.56 Å². The highest BCUT2D eigenvalue weighted by Gasteiger charge is 2.00. The van der Waals surface area contributed by atoms with E-state index in [0.717, 1.165) is 15.7 Å². The van der Waals surface area contributed by atoms with Gasteiger partial charge in [-0.2, -0.15) is 0 Å². The maximum atomic E-state index is 13.1. The van der Waals surface area contributed by atoms with Gasteiger partial charge in [0.25, 0.3) is 0 Å². The molecule has 0 radical (unpaired) electrons. The second-order valence-electron chi connectivity index (χ2n) is 3.52. The Labute approximate surface area is 112 Å². The number of anilines is 1. The molecular formula is C12H9BrClFN2. The third-order valence-corrected chi connectivity index (χ3v) is 2.78. The molecule has 2 aromatic rings. The molecule has 2 nitrogen and oxygen atoms in total. The zero-order valence-electron chi connectivity index (χ0n) is 8.75. The van der Waals surface area contributed by atoms with Crippen LogP contribution in [0.3, 0.4) is 0 Å². The summed E-state index contributed by atoms with van der Waals surface area (Å²) in [6, 6.07) is 6.35. The smallest absolute Gasteiger partial charge is 0.125 e. The summed E-state index contributed by atoms with van der Waals surface area (Å²) in [5.41, 5.74) is 1.65. The molecule has 17 heavy (non-hydrogen) atoms. The summed E-state index contributed by atoms with van der Waals surface area (Å²) in [6.07, 6.45) is 3.40. The molecule has 88 valence electrons. The van der Waals surface area contributed by atoms with E-state index in [1.807, 2.05) is 6.07 Å². The minimum Gasteiger partial charge on any atom is -0.380 e. The van der Waals surface area contributed by atoms with Crippen molar-refractivity contribution >= 4 is 33.2 Å². The highest BCUT2D eigenvalue weighted by Crippen LogP contribution is 2.17. The Morgan fingerprint density at radius 2 is 2.06 bits per heavy atom. The van der Waals surface area contributed by atoms with Crippen LogP contribution in [0.25, 0.3) is 0 Å². The third kappa shape index (κ3) is 3.68. The second kappa shape index (κ2) is 5.47. The van der Waals surface area contributed by atoms with Crippen LogP contribution in [0.5, 0.6) is 0 Å². The normalized spacial score (nSPS) is 10.3. The molecule has 0 atom stereocenters. The van der Waals surface area contributed by atoms with Crippen molar-refractivity contribution in [1.29, 1.82) is 0 Å². The minimum absolute atomic E-state index is 0.332. The van der Waals surface area contributed by atoms with Crippen LogP contribution >= 0.6 is 27.5 Å². The summed E-state index contributed by atoms with van der Waals surface area (Å²) in [5, 5.41) is 3.54. The van der Waals surface area contributed by atoms with Crippen molar-refractivity contribution in [2.45, 2.75) is 6.54 Å². The molecule has 0 saturated carbocycles. The molecule has 0 amide bonds. The number of halogens is 3. The second-order valence-corrected chi connectivity index (χ2v) is 4.88. The zero-order valence-corrected chi connectivity index (χ0v) is 11.1. The first-order chi connectivity index (χ1) is 8.13. The molecule has 1 aromatic heterocycles. The molecule has 2 rings (SSSR count). The molecule has 0 aliphatic carbocycles. The summed E-state index contributed by atoms with van der Waals surface area (Å²) in [5.74, 6) is -0.332. The summed E-state index contributed by atoms with van der Waals surface area (Å²) in [7, 11) is 0. The van der Waals surface area contributed by atoms with Gasteiger partial charge in [-0.25, -0.2) is 4.39 Å². The molecule has 1 heterocycles. The lowest BCUT2D eigenvalue weighted by atomic mass is 10.2. The van der Waals surface area contributed by atoms with Crippen LogP contribution in [0.2, 0.25) is 5.02 Å². The van der Waals surface area contributed by atoms with Gasteiger partial charge in [0.2, 0.25) is 0 Å². The van der Waals surface area contributed by atoms with Crippen LogP contribution in [0, 0.1) is 5.82 Å². The Kier molecular flexibility index (Phi) is 3.97. The van der Waals surface area contributed by atoms with Gasteiger partial charge in [-0.3, -0.25) is 4.98 Å². The predicted molar refractivity (Wildman–Crippen MR) is 70.7 cm³/mol. The number of hydrogen-bond acceptors (Lipinski definition) is 2. The maximum absolute atomic E-state index is 13.1. The Morgan fingerprint density at radius 1 is 1.24 bits per heavy atom. The first-order valence-corrected chi connectivity index (χ1v) is 6.10. The molecule has 0 bridgehead atoms. The van der Waals surface area contributed by atoms with Gasteiger partial charge in [0.1, 0.15) is 5.82 Å². The largest absolute Gasteiger partial charge is 0.380 e. The Balaban J connectivity index is 2.07. The van der Waals surface area contributed by atoms with Crippen molar-refractivity contribution < 1.29 is 4.39 Å². The van der Waals surface area contributed by atoms with Gasteiger partial charge in [0.05, 0.1) is 11.9 Å².